The normalized spacial score (nSPS) is 15.3. The van der Waals surface area contributed by atoms with E-state index < -0.39 is 10.8 Å². The molecule has 10 aromatic carbocycles. The molecule has 1 heteroatoms. The van der Waals surface area contributed by atoms with E-state index in [2.05, 4.69) is 255 Å². The van der Waals surface area contributed by atoms with Gasteiger partial charge in [-0.15, -0.1) is 0 Å². The molecule has 0 fully saturated rings. The molecule has 1 nitrogen and oxygen atoms in total. The Hall–Kier alpha value is -7.74. The summed E-state index contributed by atoms with van der Waals surface area (Å²) in [5, 5.41) is 2.55. The fourth-order valence-corrected chi connectivity index (χ4v) is 11.6. The highest BCUT2D eigenvalue weighted by atomic mass is 15.1. The molecule has 0 saturated carbocycles. The van der Waals surface area contributed by atoms with Gasteiger partial charge < -0.3 is 4.90 Å². The molecule has 0 amide bonds. The maximum absolute atomic E-state index is 2.48. The number of rotatable bonds is 7. The van der Waals surface area contributed by atoms with Crippen molar-refractivity contribution in [1.29, 1.82) is 0 Å². The second-order valence-electron chi connectivity index (χ2n) is 17.2. The van der Waals surface area contributed by atoms with Gasteiger partial charge in [0.05, 0.1) is 16.5 Å². The highest BCUT2D eigenvalue weighted by Crippen LogP contribution is 2.61. The van der Waals surface area contributed by atoms with Crippen molar-refractivity contribution in [2.24, 2.45) is 0 Å². The van der Waals surface area contributed by atoms with E-state index in [4.69, 9.17) is 0 Å². The van der Waals surface area contributed by atoms with Crippen LogP contribution in [0.5, 0.6) is 0 Å². The summed E-state index contributed by atoms with van der Waals surface area (Å²) in [5.74, 6) is 0. The Kier molecular flexibility index (Phi) is 8.49. The van der Waals surface area contributed by atoms with Crippen LogP contribution < -0.4 is 4.90 Å². The second-order valence-corrected chi connectivity index (χ2v) is 17.2. The van der Waals surface area contributed by atoms with Crippen LogP contribution in [-0.2, 0) is 10.8 Å². The molecular formula is C62H45N. The highest BCUT2D eigenvalue weighted by Gasteiger charge is 2.49. The lowest BCUT2D eigenvalue weighted by Crippen LogP contribution is -2.30. The van der Waals surface area contributed by atoms with E-state index >= 15 is 0 Å². The van der Waals surface area contributed by atoms with E-state index in [0.717, 1.165) is 17.1 Å². The fourth-order valence-electron chi connectivity index (χ4n) is 11.6. The Bertz CT molecular complexity index is 3320. The van der Waals surface area contributed by atoms with Crippen LogP contribution >= 0.6 is 0 Å². The van der Waals surface area contributed by atoms with Gasteiger partial charge in [-0.3, -0.25) is 0 Å². The summed E-state index contributed by atoms with van der Waals surface area (Å²) in [6, 6.07) is 88.2. The predicted molar refractivity (Wildman–Crippen MR) is 263 cm³/mol. The van der Waals surface area contributed by atoms with Crippen molar-refractivity contribution in [1.82, 2.24) is 0 Å². The smallest absolute Gasteiger partial charge is 0.0719 e. The third-order valence-corrected chi connectivity index (χ3v) is 14.1. The Balaban J connectivity index is 1.11. The van der Waals surface area contributed by atoms with Crippen LogP contribution in [0.15, 0.2) is 237 Å². The van der Waals surface area contributed by atoms with Crippen LogP contribution in [0.3, 0.4) is 0 Å². The molecule has 1 atom stereocenters. The third-order valence-electron chi connectivity index (χ3n) is 14.1. The van der Waals surface area contributed by atoms with Gasteiger partial charge in [-0.25, -0.2) is 0 Å². The van der Waals surface area contributed by atoms with E-state index in [1.807, 2.05) is 0 Å². The molecule has 298 valence electrons. The van der Waals surface area contributed by atoms with E-state index in [0.29, 0.717) is 0 Å². The van der Waals surface area contributed by atoms with Crippen molar-refractivity contribution >= 4 is 27.8 Å². The topological polar surface area (TPSA) is 3.24 Å². The molecule has 1 unspecified atom stereocenters. The first-order valence-electron chi connectivity index (χ1n) is 22.1. The van der Waals surface area contributed by atoms with Gasteiger partial charge in [-0.2, -0.15) is 0 Å². The minimum absolute atomic E-state index is 0.513. The molecule has 0 heterocycles. The zero-order valence-electron chi connectivity index (χ0n) is 35.5. The predicted octanol–water partition coefficient (Wildman–Crippen LogP) is 15.7. The minimum Gasteiger partial charge on any atom is -0.310 e. The monoisotopic (exact) mass is 803 g/mol. The highest BCUT2D eigenvalue weighted by molar-refractivity contribution is 6.04. The minimum atomic E-state index is -0.514. The summed E-state index contributed by atoms with van der Waals surface area (Å²) in [4.78, 5) is 2.48. The number of hydrogen-bond acceptors (Lipinski definition) is 1. The van der Waals surface area contributed by atoms with Crippen molar-refractivity contribution < 1.29 is 0 Å². The molecule has 2 aliphatic carbocycles. The van der Waals surface area contributed by atoms with Gasteiger partial charge in [0, 0.05) is 16.9 Å². The van der Waals surface area contributed by atoms with Crippen molar-refractivity contribution in [3.8, 4) is 22.3 Å². The average Bonchev–Trinajstić information content (AvgIpc) is 3.82. The molecule has 10 aromatic rings. The lowest BCUT2D eigenvalue weighted by Gasteiger charge is -2.36. The molecule has 12 rings (SSSR count). The van der Waals surface area contributed by atoms with Gasteiger partial charge in [-0.05, 0) is 127 Å². The van der Waals surface area contributed by atoms with Crippen LogP contribution in [0.1, 0.15) is 55.6 Å². The van der Waals surface area contributed by atoms with E-state index in [9.17, 15) is 0 Å². The molecule has 0 radical (unpaired) electrons. The first-order chi connectivity index (χ1) is 31.1. The maximum atomic E-state index is 2.48. The van der Waals surface area contributed by atoms with Crippen molar-refractivity contribution in [2.75, 3.05) is 4.90 Å². The molecule has 0 spiro atoms. The molecule has 63 heavy (non-hydrogen) atoms. The first kappa shape index (κ1) is 37.1. The summed E-state index contributed by atoms with van der Waals surface area (Å²) in [7, 11) is 0. The summed E-state index contributed by atoms with van der Waals surface area (Å²) in [6.45, 7) is 4.53. The standard InChI is InChI=1S/C62H45N/c1-42-20-9-15-30-52(42)62(53-31-16-10-21-43(53)2)55-33-18-14-29-51(55)60-56(62)34-19-35-58(60)63(47-25-7-4-8-26-47)48-39-37-46(38-40-48)61(45-23-5-3-6-24-45)54-32-17-13-28-50(54)59-49-27-12-11-22-44(49)36-41-57(59)61/h3-41H,1-2H3. The number of para-hydroxylation sites is 1. The number of fused-ring (bicyclic) bond motifs is 8. The number of nitrogens with zero attached hydrogens (tertiary/aromatic N) is 1. The average molecular weight is 804 g/mol. The molecule has 2 aliphatic rings. The van der Waals surface area contributed by atoms with E-state index in [-0.39, 0.29) is 0 Å². The Morgan fingerprint density at radius 1 is 0.302 bits per heavy atom. The summed E-state index contributed by atoms with van der Waals surface area (Å²) >= 11 is 0. The number of aryl methyl sites for hydroxylation is 2. The molecule has 0 N–H and O–H groups in total. The summed E-state index contributed by atoms with van der Waals surface area (Å²) in [6.07, 6.45) is 0. The van der Waals surface area contributed by atoms with Crippen molar-refractivity contribution in [3.63, 3.8) is 0 Å². The lowest BCUT2D eigenvalue weighted by atomic mass is 9.65. The van der Waals surface area contributed by atoms with Gasteiger partial charge >= 0.3 is 0 Å². The zero-order valence-corrected chi connectivity index (χ0v) is 35.5. The fraction of sp³-hybridized carbons (Fsp3) is 0.0645. The van der Waals surface area contributed by atoms with Gasteiger partial charge in [-0.1, -0.05) is 206 Å². The second kappa shape index (κ2) is 14.4. The maximum Gasteiger partial charge on any atom is 0.0719 e. The Morgan fingerprint density at radius 3 is 1.44 bits per heavy atom. The Morgan fingerprint density at radius 2 is 0.778 bits per heavy atom. The largest absolute Gasteiger partial charge is 0.310 e. The number of hydrogen-bond donors (Lipinski definition) is 0. The van der Waals surface area contributed by atoms with E-state index in [1.165, 1.54) is 88.7 Å². The Labute approximate surface area is 370 Å². The van der Waals surface area contributed by atoms with Crippen LogP contribution in [0.2, 0.25) is 0 Å². The van der Waals surface area contributed by atoms with Gasteiger partial charge in [0.15, 0.2) is 0 Å². The van der Waals surface area contributed by atoms with Crippen LogP contribution in [0.25, 0.3) is 33.0 Å². The zero-order chi connectivity index (χ0) is 42.1. The number of anilines is 3. The molecule has 0 saturated heterocycles. The van der Waals surface area contributed by atoms with Gasteiger partial charge in [0.25, 0.3) is 0 Å². The quantitative estimate of drug-likeness (QED) is 0.155. The third kappa shape index (κ3) is 5.23. The first-order valence-corrected chi connectivity index (χ1v) is 22.1. The lowest BCUT2D eigenvalue weighted by molar-refractivity contribution is 0.754. The van der Waals surface area contributed by atoms with Crippen LogP contribution in [0.4, 0.5) is 17.1 Å². The molecule has 0 aromatic heterocycles. The van der Waals surface area contributed by atoms with Crippen molar-refractivity contribution in [3.05, 3.63) is 292 Å². The van der Waals surface area contributed by atoms with E-state index in [1.54, 1.807) is 0 Å². The molecular weight excluding hydrogens is 759 g/mol. The summed E-state index contributed by atoms with van der Waals surface area (Å²) < 4.78 is 0. The molecule has 0 aliphatic heterocycles. The van der Waals surface area contributed by atoms with Gasteiger partial charge in [0.1, 0.15) is 0 Å². The van der Waals surface area contributed by atoms with Gasteiger partial charge in [0.2, 0.25) is 0 Å². The number of benzene rings is 10. The summed E-state index contributed by atoms with van der Waals surface area (Å²) in [5.41, 5.74) is 20.4. The van der Waals surface area contributed by atoms with Crippen LogP contribution in [0, 0.1) is 13.8 Å². The SMILES string of the molecule is Cc1ccccc1C1(c2ccccc2C)c2ccccc2-c2c(N(c3ccccc3)c3ccc(C4(c5ccccc5)c5ccccc5-c5c4ccc4ccccc54)cc3)cccc21. The van der Waals surface area contributed by atoms with Crippen molar-refractivity contribution in [2.45, 2.75) is 24.7 Å². The van der Waals surface area contributed by atoms with Crippen LogP contribution in [-0.4, -0.2) is 0 Å². The molecule has 0 bridgehead atoms.